The van der Waals surface area contributed by atoms with E-state index in [0.717, 1.165) is 67.0 Å². The van der Waals surface area contributed by atoms with E-state index in [1.165, 1.54) is 38.5 Å². The Labute approximate surface area is 211 Å². The molecular weight excluding hydrogens is 462 g/mol. The van der Waals surface area contributed by atoms with Crippen LogP contribution in [0.3, 0.4) is 0 Å². The Bertz CT molecular complexity index is 1120. The lowest BCUT2D eigenvalue weighted by molar-refractivity contribution is -0.138. The molecule has 1 aromatic heterocycles. The molecule has 1 aliphatic heterocycles. The number of rotatable bonds is 6. The number of halogens is 1. The molecule has 4 bridgehead atoms. The Balaban J connectivity index is 1.17. The summed E-state index contributed by atoms with van der Waals surface area (Å²) in [6, 6.07) is 7.59. The summed E-state index contributed by atoms with van der Waals surface area (Å²) in [5.74, 6) is 2.85. The van der Waals surface area contributed by atoms with Gasteiger partial charge in [0.25, 0.3) is 5.91 Å². The summed E-state index contributed by atoms with van der Waals surface area (Å²) >= 11 is 6.55. The highest BCUT2D eigenvalue weighted by Crippen LogP contribution is 2.59. The molecule has 5 fully saturated rings. The molecular formula is C28H34ClN3O3. The third kappa shape index (κ3) is 4.50. The summed E-state index contributed by atoms with van der Waals surface area (Å²) < 4.78 is 0. The van der Waals surface area contributed by atoms with Crippen molar-refractivity contribution >= 4 is 40.2 Å². The van der Waals surface area contributed by atoms with Crippen LogP contribution in [-0.2, 0) is 4.79 Å². The van der Waals surface area contributed by atoms with E-state index >= 15 is 0 Å². The average Bonchev–Trinajstić information content (AvgIpc) is 2.81. The molecule has 4 saturated carbocycles. The number of nitrogens with one attached hydrogen (secondary N) is 1. The van der Waals surface area contributed by atoms with Gasteiger partial charge in [-0.05, 0) is 105 Å². The number of carbonyl (C=O) groups is 2. The lowest BCUT2D eigenvalue weighted by Crippen LogP contribution is -2.51. The molecule has 5 aliphatic rings. The van der Waals surface area contributed by atoms with Crippen LogP contribution in [0, 0.1) is 29.1 Å². The molecule has 4 aliphatic carbocycles. The van der Waals surface area contributed by atoms with Crippen LogP contribution < -0.4 is 10.2 Å². The second kappa shape index (κ2) is 8.95. The normalized spacial score (nSPS) is 30.1. The van der Waals surface area contributed by atoms with Crippen LogP contribution in [0.5, 0.6) is 0 Å². The predicted molar refractivity (Wildman–Crippen MR) is 137 cm³/mol. The summed E-state index contributed by atoms with van der Waals surface area (Å²) in [7, 11) is 0. The first-order valence-corrected chi connectivity index (χ1v) is 13.6. The third-order valence-electron chi connectivity index (χ3n) is 9.22. The van der Waals surface area contributed by atoms with Gasteiger partial charge in [-0.1, -0.05) is 11.6 Å². The fourth-order valence-electron chi connectivity index (χ4n) is 8.05. The van der Waals surface area contributed by atoms with Gasteiger partial charge in [0.1, 0.15) is 5.82 Å². The van der Waals surface area contributed by atoms with Crippen LogP contribution in [0.25, 0.3) is 10.9 Å². The van der Waals surface area contributed by atoms with Crippen molar-refractivity contribution < 1.29 is 14.7 Å². The number of anilines is 1. The summed E-state index contributed by atoms with van der Waals surface area (Å²) in [4.78, 5) is 31.5. The molecule has 1 aromatic carbocycles. The van der Waals surface area contributed by atoms with E-state index in [1.807, 2.05) is 18.2 Å². The number of hydrogen-bond donors (Lipinski definition) is 2. The van der Waals surface area contributed by atoms with E-state index in [1.54, 1.807) is 6.07 Å². The molecule has 0 unspecified atom stereocenters. The standard InChI is InChI=1S/C28H34ClN3O3/c29-22-2-3-23-21(1-4-24(31-23)32-7-5-17(6-8-32)12-25(33)34)26(22)27(35)30-16-28-13-18-9-19(14-28)11-20(10-18)15-28/h1-4,17-20H,5-16H2,(H,30,35)(H,33,34). The van der Waals surface area contributed by atoms with Crippen molar-refractivity contribution in [3.05, 3.63) is 34.9 Å². The number of carboxylic acids is 1. The van der Waals surface area contributed by atoms with Gasteiger partial charge >= 0.3 is 5.97 Å². The van der Waals surface area contributed by atoms with Gasteiger partial charge in [-0.25, -0.2) is 4.98 Å². The van der Waals surface area contributed by atoms with Crippen LogP contribution in [0.2, 0.25) is 5.02 Å². The minimum atomic E-state index is -0.724. The zero-order valence-corrected chi connectivity index (χ0v) is 20.9. The van der Waals surface area contributed by atoms with Gasteiger partial charge in [0.2, 0.25) is 0 Å². The Hall–Kier alpha value is -2.34. The molecule has 0 spiro atoms. The van der Waals surface area contributed by atoms with Crippen molar-refractivity contribution in [1.82, 2.24) is 10.3 Å². The lowest BCUT2D eigenvalue weighted by atomic mass is 9.49. The molecule has 2 heterocycles. The summed E-state index contributed by atoms with van der Waals surface area (Å²) in [6.07, 6.45) is 9.91. The van der Waals surface area contributed by atoms with Gasteiger partial charge in [0.05, 0.1) is 16.1 Å². The molecule has 7 heteroatoms. The SMILES string of the molecule is O=C(O)CC1CCN(c2ccc3c(C(=O)NCC45CC6CC(CC(C6)C4)C5)c(Cl)ccc3n2)CC1. The quantitative estimate of drug-likeness (QED) is 0.551. The zero-order valence-electron chi connectivity index (χ0n) is 20.1. The van der Waals surface area contributed by atoms with Gasteiger partial charge in [-0.15, -0.1) is 0 Å². The van der Waals surface area contributed by atoms with Gasteiger partial charge in [-0.2, -0.15) is 0 Å². The number of amides is 1. The third-order valence-corrected chi connectivity index (χ3v) is 9.54. The van der Waals surface area contributed by atoms with Crippen LogP contribution >= 0.6 is 11.6 Å². The summed E-state index contributed by atoms with van der Waals surface area (Å²) in [5, 5.41) is 13.6. The minimum absolute atomic E-state index is 0.0969. The van der Waals surface area contributed by atoms with Crippen LogP contribution in [0.4, 0.5) is 5.82 Å². The number of aromatic nitrogens is 1. The first kappa shape index (κ1) is 23.1. The average molecular weight is 496 g/mol. The Morgan fingerprint density at radius 1 is 1.03 bits per heavy atom. The topological polar surface area (TPSA) is 82.5 Å². The fraction of sp³-hybridized carbons (Fsp3) is 0.607. The monoisotopic (exact) mass is 495 g/mol. The van der Waals surface area contributed by atoms with E-state index in [9.17, 15) is 9.59 Å². The molecule has 2 N–H and O–H groups in total. The van der Waals surface area contributed by atoms with Crippen molar-refractivity contribution in [2.45, 2.75) is 57.8 Å². The second-order valence-electron chi connectivity index (χ2n) is 11.8. The Morgan fingerprint density at radius 2 is 1.69 bits per heavy atom. The molecule has 1 amide bonds. The highest BCUT2D eigenvalue weighted by atomic mass is 35.5. The van der Waals surface area contributed by atoms with Gasteiger partial charge < -0.3 is 15.3 Å². The summed E-state index contributed by atoms with van der Waals surface area (Å²) in [6.45, 7) is 2.34. The molecule has 0 atom stereocenters. The van der Waals surface area contributed by atoms with Gasteiger partial charge in [-0.3, -0.25) is 9.59 Å². The van der Waals surface area contributed by atoms with Crippen molar-refractivity contribution in [2.24, 2.45) is 29.1 Å². The molecule has 1 saturated heterocycles. The van der Waals surface area contributed by atoms with Crippen molar-refractivity contribution in [3.8, 4) is 0 Å². The Morgan fingerprint density at radius 3 is 2.31 bits per heavy atom. The van der Waals surface area contributed by atoms with Crippen LogP contribution in [0.15, 0.2) is 24.3 Å². The van der Waals surface area contributed by atoms with E-state index in [4.69, 9.17) is 21.7 Å². The predicted octanol–water partition coefficient (Wildman–Crippen LogP) is 5.53. The smallest absolute Gasteiger partial charge is 0.303 e. The number of carboxylic acid groups (broad SMARTS) is 1. The number of pyridine rings is 1. The maximum absolute atomic E-state index is 13.4. The number of aliphatic carboxylic acids is 1. The maximum Gasteiger partial charge on any atom is 0.303 e. The lowest BCUT2D eigenvalue weighted by Gasteiger charge is -2.56. The minimum Gasteiger partial charge on any atom is -0.481 e. The van der Waals surface area contributed by atoms with Crippen molar-refractivity contribution in [3.63, 3.8) is 0 Å². The molecule has 2 aromatic rings. The van der Waals surface area contributed by atoms with E-state index < -0.39 is 5.97 Å². The number of hydrogen-bond acceptors (Lipinski definition) is 4. The molecule has 7 rings (SSSR count). The number of fused-ring (bicyclic) bond motifs is 1. The van der Waals surface area contributed by atoms with E-state index in [0.29, 0.717) is 10.6 Å². The van der Waals surface area contributed by atoms with Crippen molar-refractivity contribution in [2.75, 3.05) is 24.5 Å². The number of piperidine rings is 1. The van der Waals surface area contributed by atoms with Gasteiger partial charge in [0.15, 0.2) is 0 Å². The first-order valence-electron chi connectivity index (χ1n) is 13.2. The molecule has 35 heavy (non-hydrogen) atoms. The van der Waals surface area contributed by atoms with E-state index in [2.05, 4.69) is 10.2 Å². The fourth-order valence-corrected chi connectivity index (χ4v) is 8.30. The largest absolute Gasteiger partial charge is 0.481 e. The zero-order chi connectivity index (χ0) is 24.2. The maximum atomic E-state index is 13.4. The van der Waals surface area contributed by atoms with Gasteiger partial charge in [0, 0.05) is 31.4 Å². The second-order valence-corrected chi connectivity index (χ2v) is 12.2. The summed E-state index contributed by atoms with van der Waals surface area (Å²) in [5.41, 5.74) is 1.56. The highest BCUT2D eigenvalue weighted by Gasteiger charge is 2.50. The number of carbonyl (C=O) groups excluding carboxylic acids is 1. The van der Waals surface area contributed by atoms with Crippen LogP contribution in [0.1, 0.15) is 68.1 Å². The first-order chi connectivity index (χ1) is 16.9. The molecule has 0 radical (unpaired) electrons. The highest BCUT2D eigenvalue weighted by molar-refractivity contribution is 6.35. The molecule has 186 valence electrons. The van der Waals surface area contributed by atoms with E-state index in [-0.39, 0.29) is 23.7 Å². The van der Waals surface area contributed by atoms with Crippen LogP contribution in [-0.4, -0.2) is 41.6 Å². The Kier molecular flexibility index (Phi) is 5.90. The van der Waals surface area contributed by atoms with Crippen molar-refractivity contribution in [1.29, 1.82) is 0 Å². The number of benzene rings is 1. The molecule has 6 nitrogen and oxygen atoms in total. The number of nitrogens with zero attached hydrogens (tertiary/aromatic N) is 2.